The Hall–Kier alpha value is -1.09. The Balaban J connectivity index is 2.79. The van der Waals surface area contributed by atoms with Crippen molar-refractivity contribution in [3.63, 3.8) is 0 Å². The molecule has 0 aromatic carbocycles. The van der Waals surface area contributed by atoms with Gasteiger partial charge in [-0.05, 0) is 20.9 Å². The molecule has 0 unspecified atom stereocenters. The minimum absolute atomic E-state index is 0.815. The predicted molar refractivity (Wildman–Crippen MR) is 54.5 cm³/mol. The van der Waals surface area contributed by atoms with Crippen molar-refractivity contribution >= 4 is 0 Å². The monoisotopic (exact) mass is 179 g/mol. The number of aromatic nitrogens is 2. The lowest BCUT2D eigenvalue weighted by atomic mass is 10.2. The van der Waals surface area contributed by atoms with Gasteiger partial charge in [-0.25, -0.2) is 0 Å². The maximum absolute atomic E-state index is 4.29. The van der Waals surface area contributed by atoms with Crippen LogP contribution >= 0.6 is 0 Å². The van der Waals surface area contributed by atoms with E-state index in [1.807, 2.05) is 24.9 Å². The average molecular weight is 179 g/mol. The molecule has 1 rings (SSSR count). The zero-order chi connectivity index (χ0) is 9.84. The summed E-state index contributed by atoms with van der Waals surface area (Å²) in [7, 11) is 1.94. The molecule has 0 amide bonds. The zero-order valence-corrected chi connectivity index (χ0v) is 8.59. The summed E-state index contributed by atoms with van der Waals surface area (Å²) in [4.78, 5) is 0. The molecule has 0 bridgehead atoms. The predicted octanol–water partition coefficient (Wildman–Crippen LogP) is 1.49. The highest BCUT2D eigenvalue weighted by Gasteiger charge is 2.04. The van der Waals surface area contributed by atoms with Crippen molar-refractivity contribution in [1.82, 2.24) is 15.1 Å². The van der Waals surface area contributed by atoms with E-state index in [0.29, 0.717) is 0 Å². The summed E-state index contributed by atoms with van der Waals surface area (Å²) in [6, 6.07) is 0. The van der Waals surface area contributed by atoms with Crippen molar-refractivity contribution in [3.8, 4) is 0 Å². The van der Waals surface area contributed by atoms with Crippen molar-refractivity contribution in [2.24, 2.45) is 0 Å². The summed E-state index contributed by atoms with van der Waals surface area (Å²) >= 11 is 0. The Morgan fingerprint density at radius 3 is 2.92 bits per heavy atom. The smallest absolute Gasteiger partial charge is 0.0617 e. The van der Waals surface area contributed by atoms with Gasteiger partial charge in [-0.2, -0.15) is 5.10 Å². The van der Waals surface area contributed by atoms with Gasteiger partial charge in [-0.1, -0.05) is 12.2 Å². The number of nitrogens with zero attached hydrogens (tertiary/aromatic N) is 2. The highest BCUT2D eigenvalue weighted by atomic mass is 15.3. The second-order valence-corrected chi connectivity index (χ2v) is 3.40. The third-order valence-electron chi connectivity index (χ3n) is 1.99. The first-order valence-corrected chi connectivity index (χ1v) is 4.45. The third-order valence-corrected chi connectivity index (χ3v) is 1.99. The number of hydrogen-bond donors (Lipinski definition) is 1. The van der Waals surface area contributed by atoms with E-state index in [2.05, 4.69) is 23.9 Å². The fourth-order valence-corrected chi connectivity index (χ4v) is 1.26. The van der Waals surface area contributed by atoms with E-state index >= 15 is 0 Å². The normalized spacial score (nSPS) is 10.4. The van der Waals surface area contributed by atoms with Crippen LogP contribution in [0.3, 0.4) is 0 Å². The fraction of sp³-hybridized carbons (Fsp3) is 0.500. The highest BCUT2D eigenvalue weighted by molar-refractivity contribution is 5.16. The topological polar surface area (TPSA) is 29.9 Å². The standard InChI is InChI=1S/C10H17N3/c1-8(2)7-13-9(3)10(5-11-4)6-12-13/h6,11H,1,5,7H2,2-4H3. The quantitative estimate of drug-likeness (QED) is 0.710. The van der Waals surface area contributed by atoms with E-state index in [1.54, 1.807) is 0 Å². The van der Waals surface area contributed by atoms with Gasteiger partial charge in [0.15, 0.2) is 0 Å². The molecule has 72 valence electrons. The van der Waals surface area contributed by atoms with E-state index in [9.17, 15) is 0 Å². The van der Waals surface area contributed by atoms with Crippen molar-refractivity contribution in [2.75, 3.05) is 7.05 Å². The summed E-state index contributed by atoms with van der Waals surface area (Å²) in [5.74, 6) is 0. The molecular formula is C10H17N3. The molecule has 1 aromatic heterocycles. The number of rotatable bonds is 4. The molecule has 0 radical (unpaired) electrons. The minimum atomic E-state index is 0.815. The van der Waals surface area contributed by atoms with Crippen LogP contribution in [-0.2, 0) is 13.1 Å². The Bertz CT molecular complexity index is 299. The number of nitrogens with one attached hydrogen (secondary N) is 1. The van der Waals surface area contributed by atoms with Crippen LogP contribution in [0.2, 0.25) is 0 Å². The summed E-state index contributed by atoms with van der Waals surface area (Å²) in [5, 5.41) is 7.41. The van der Waals surface area contributed by atoms with Crippen molar-refractivity contribution in [3.05, 3.63) is 29.6 Å². The first-order chi connectivity index (χ1) is 6.15. The Morgan fingerprint density at radius 1 is 1.69 bits per heavy atom. The van der Waals surface area contributed by atoms with Crippen LogP contribution in [0.1, 0.15) is 18.2 Å². The van der Waals surface area contributed by atoms with E-state index in [1.165, 1.54) is 11.3 Å². The van der Waals surface area contributed by atoms with Gasteiger partial charge in [0.05, 0.1) is 12.7 Å². The molecular weight excluding hydrogens is 162 g/mol. The maximum atomic E-state index is 4.29. The molecule has 0 spiro atoms. The van der Waals surface area contributed by atoms with Crippen LogP contribution < -0.4 is 5.32 Å². The molecule has 0 aliphatic rings. The molecule has 3 heteroatoms. The van der Waals surface area contributed by atoms with Gasteiger partial charge >= 0.3 is 0 Å². The van der Waals surface area contributed by atoms with Crippen LogP contribution in [0.5, 0.6) is 0 Å². The van der Waals surface area contributed by atoms with Crippen molar-refractivity contribution in [1.29, 1.82) is 0 Å². The summed E-state index contributed by atoms with van der Waals surface area (Å²) in [6.45, 7) is 9.66. The van der Waals surface area contributed by atoms with Crippen LogP contribution in [0.15, 0.2) is 18.3 Å². The van der Waals surface area contributed by atoms with Gasteiger partial charge in [-0.3, -0.25) is 4.68 Å². The second-order valence-electron chi connectivity index (χ2n) is 3.40. The summed E-state index contributed by atoms with van der Waals surface area (Å²) < 4.78 is 1.98. The molecule has 1 aromatic rings. The summed E-state index contributed by atoms with van der Waals surface area (Å²) in [6.07, 6.45) is 1.91. The molecule has 0 fully saturated rings. The Kier molecular flexibility index (Phi) is 3.25. The lowest BCUT2D eigenvalue weighted by Gasteiger charge is -2.04. The van der Waals surface area contributed by atoms with Crippen LogP contribution in [0.4, 0.5) is 0 Å². The van der Waals surface area contributed by atoms with Gasteiger partial charge in [0.1, 0.15) is 0 Å². The molecule has 1 heterocycles. The van der Waals surface area contributed by atoms with Gasteiger partial charge in [0, 0.05) is 17.8 Å². The Labute approximate surface area is 79.5 Å². The van der Waals surface area contributed by atoms with Crippen LogP contribution in [0, 0.1) is 6.92 Å². The first-order valence-electron chi connectivity index (χ1n) is 4.45. The van der Waals surface area contributed by atoms with Gasteiger partial charge in [0.25, 0.3) is 0 Å². The van der Waals surface area contributed by atoms with E-state index in [0.717, 1.165) is 18.7 Å². The van der Waals surface area contributed by atoms with E-state index < -0.39 is 0 Å². The van der Waals surface area contributed by atoms with Gasteiger partial charge in [0.2, 0.25) is 0 Å². The van der Waals surface area contributed by atoms with Crippen LogP contribution in [-0.4, -0.2) is 16.8 Å². The fourth-order valence-electron chi connectivity index (χ4n) is 1.26. The van der Waals surface area contributed by atoms with Gasteiger partial charge < -0.3 is 5.32 Å². The molecule has 0 saturated carbocycles. The first kappa shape index (κ1) is 9.99. The second kappa shape index (κ2) is 4.23. The highest BCUT2D eigenvalue weighted by Crippen LogP contribution is 2.08. The van der Waals surface area contributed by atoms with Gasteiger partial charge in [-0.15, -0.1) is 0 Å². The van der Waals surface area contributed by atoms with E-state index in [-0.39, 0.29) is 0 Å². The largest absolute Gasteiger partial charge is 0.316 e. The Morgan fingerprint density at radius 2 is 2.38 bits per heavy atom. The lowest BCUT2D eigenvalue weighted by molar-refractivity contribution is 0.654. The molecule has 0 aliphatic carbocycles. The van der Waals surface area contributed by atoms with Crippen molar-refractivity contribution in [2.45, 2.75) is 26.9 Å². The molecule has 13 heavy (non-hydrogen) atoms. The molecule has 0 atom stereocenters. The molecule has 3 nitrogen and oxygen atoms in total. The van der Waals surface area contributed by atoms with E-state index in [4.69, 9.17) is 0 Å². The van der Waals surface area contributed by atoms with Crippen LogP contribution in [0.25, 0.3) is 0 Å². The number of hydrogen-bond acceptors (Lipinski definition) is 2. The maximum Gasteiger partial charge on any atom is 0.0617 e. The zero-order valence-electron chi connectivity index (χ0n) is 8.59. The molecule has 1 N–H and O–H groups in total. The summed E-state index contributed by atoms with van der Waals surface area (Å²) in [5.41, 5.74) is 3.60. The lowest BCUT2D eigenvalue weighted by Crippen LogP contribution is -2.07. The van der Waals surface area contributed by atoms with Crippen molar-refractivity contribution < 1.29 is 0 Å². The molecule has 0 aliphatic heterocycles. The number of allylic oxidation sites excluding steroid dienone is 1. The average Bonchev–Trinajstić information content (AvgIpc) is 2.36. The third kappa shape index (κ3) is 2.42. The SMILES string of the molecule is C=C(C)Cn1ncc(CNC)c1C. The minimum Gasteiger partial charge on any atom is -0.316 e. The molecule has 0 saturated heterocycles.